The maximum absolute atomic E-state index is 4.52. The Morgan fingerprint density at radius 1 is 1.41 bits per heavy atom. The summed E-state index contributed by atoms with van der Waals surface area (Å²) in [4.78, 5) is 4.52. The Labute approximate surface area is 102 Å². The molecule has 1 N–H and O–H groups in total. The molecule has 3 rings (SSSR count). The summed E-state index contributed by atoms with van der Waals surface area (Å²) in [5.74, 6) is 0. The Balaban J connectivity index is 1.87. The fourth-order valence-electron chi connectivity index (χ4n) is 2.70. The zero-order valence-electron chi connectivity index (χ0n) is 10.3. The number of aromatic nitrogens is 2. The molecule has 0 bridgehead atoms. The molecule has 0 amide bonds. The van der Waals surface area contributed by atoms with E-state index in [4.69, 9.17) is 0 Å². The van der Waals surface area contributed by atoms with Crippen molar-refractivity contribution in [3.8, 4) is 0 Å². The largest absolute Gasteiger partial charge is 0.329 e. The molecule has 1 atom stereocenters. The molecule has 3 nitrogen and oxygen atoms in total. The molecule has 0 aliphatic carbocycles. The van der Waals surface area contributed by atoms with E-state index in [1.165, 1.54) is 30.3 Å². The SMILES string of the molecule is Cc1cccc2c1ncn2CC1CCCCN1. The number of fused-ring (bicyclic) bond motifs is 1. The zero-order valence-corrected chi connectivity index (χ0v) is 10.3. The van der Waals surface area contributed by atoms with Gasteiger partial charge in [0.2, 0.25) is 0 Å². The van der Waals surface area contributed by atoms with Crippen molar-refractivity contribution in [2.45, 2.75) is 38.8 Å². The van der Waals surface area contributed by atoms with Crippen molar-refractivity contribution in [2.24, 2.45) is 0 Å². The Bertz CT molecular complexity index is 509. The average molecular weight is 229 g/mol. The van der Waals surface area contributed by atoms with Crippen LogP contribution >= 0.6 is 0 Å². The number of benzene rings is 1. The van der Waals surface area contributed by atoms with Gasteiger partial charge in [0.05, 0.1) is 17.4 Å². The summed E-state index contributed by atoms with van der Waals surface area (Å²) in [6.07, 6.45) is 5.93. The number of piperidine rings is 1. The molecule has 17 heavy (non-hydrogen) atoms. The lowest BCUT2D eigenvalue weighted by Gasteiger charge is -2.23. The van der Waals surface area contributed by atoms with Crippen molar-refractivity contribution in [1.29, 1.82) is 0 Å². The third kappa shape index (κ3) is 2.07. The molecule has 1 unspecified atom stereocenters. The van der Waals surface area contributed by atoms with Gasteiger partial charge < -0.3 is 9.88 Å². The van der Waals surface area contributed by atoms with Gasteiger partial charge in [-0.25, -0.2) is 4.98 Å². The van der Waals surface area contributed by atoms with E-state index < -0.39 is 0 Å². The van der Waals surface area contributed by atoms with Gasteiger partial charge in [0.1, 0.15) is 0 Å². The number of imidazole rings is 1. The lowest BCUT2D eigenvalue weighted by Crippen LogP contribution is -2.37. The summed E-state index contributed by atoms with van der Waals surface area (Å²) in [6.45, 7) is 4.33. The summed E-state index contributed by atoms with van der Waals surface area (Å²) < 4.78 is 2.28. The second-order valence-electron chi connectivity index (χ2n) is 4.99. The molecule has 0 saturated carbocycles. The highest BCUT2D eigenvalue weighted by molar-refractivity contribution is 5.78. The molecule has 1 aromatic heterocycles. The smallest absolute Gasteiger partial charge is 0.0958 e. The summed E-state index contributed by atoms with van der Waals surface area (Å²) in [5.41, 5.74) is 3.67. The van der Waals surface area contributed by atoms with Gasteiger partial charge >= 0.3 is 0 Å². The number of aryl methyl sites for hydroxylation is 1. The quantitative estimate of drug-likeness (QED) is 0.857. The molecule has 2 aromatic rings. The highest BCUT2D eigenvalue weighted by Crippen LogP contribution is 2.18. The molecular weight excluding hydrogens is 210 g/mol. The van der Waals surface area contributed by atoms with Crippen LogP contribution in [-0.4, -0.2) is 22.1 Å². The first kappa shape index (κ1) is 10.8. The average Bonchev–Trinajstić information content (AvgIpc) is 2.76. The van der Waals surface area contributed by atoms with Crippen LogP contribution in [0, 0.1) is 6.92 Å². The first-order valence-electron chi connectivity index (χ1n) is 6.48. The third-order valence-electron chi connectivity index (χ3n) is 3.68. The van der Waals surface area contributed by atoms with E-state index in [0.717, 1.165) is 18.6 Å². The standard InChI is InChI=1S/C14H19N3/c1-11-5-4-7-13-14(11)16-10-17(13)9-12-6-2-3-8-15-12/h4-5,7,10,12,15H,2-3,6,8-9H2,1H3. The van der Waals surface area contributed by atoms with Gasteiger partial charge in [0, 0.05) is 12.6 Å². The monoisotopic (exact) mass is 229 g/mol. The number of nitrogens with zero attached hydrogens (tertiary/aromatic N) is 2. The highest BCUT2D eigenvalue weighted by atomic mass is 15.1. The van der Waals surface area contributed by atoms with Gasteiger partial charge in [-0.05, 0) is 37.9 Å². The van der Waals surface area contributed by atoms with E-state index in [1.807, 2.05) is 6.33 Å². The molecule has 1 aromatic carbocycles. The van der Waals surface area contributed by atoms with Crippen LogP contribution < -0.4 is 5.32 Å². The summed E-state index contributed by atoms with van der Waals surface area (Å²) in [5, 5.41) is 3.59. The molecule has 1 aliphatic heterocycles. The molecule has 0 radical (unpaired) electrons. The minimum Gasteiger partial charge on any atom is -0.329 e. The third-order valence-corrected chi connectivity index (χ3v) is 3.68. The van der Waals surface area contributed by atoms with Gasteiger partial charge in [-0.1, -0.05) is 18.6 Å². The lowest BCUT2D eigenvalue weighted by molar-refractivity contribution is 0.366. The predicted octanol–water partition coefficient (Wildman–Crippen LogP) is 2.49. The van der Waals surface area contributed by atoms with E-state index in [2.05, 4.69) is 40.0 Å². The molecule has 2 heterocycles. The van der Waals surface area contributed by atoms with Crippen molar-refractivity contribution in [2.75, 3.05) is 6.54 Å². The zero-order chi connectivity index (χ0) is 11.7. The Kier molecular flexibility index (Phi) is 2.85. The van der Waals surface area contributed by atoms with Crippen LogP contribution in [0.15, 0.2) is 24.5 Å². The van der Waals surface area contributed by atoms with E-state index in [0.29, 0.717) is 6.04 Å². The van der Waals surface area contributed by atoms with Gasteiger partial charge in [-0.3, -0.25) is 0 Å². The predicted molar refractivity (Wildman–Crippen MR) is 70.1 cm³/mol. The number of rotatable bonds is 2. The van der Waals surface area contributed by atoms with Gasteiger partial charge in [0.25, 0.3) is 0 Å². The van der Waals surface area contributed by atoms with Crippen LogP contribution in [0.1, 0.15) is 24.8 Å². The number of para-hydroxylation sites is 1. The van der Waals surface area contributed by atoms with Crippen molar-refractivity contribution < 1.29 is 0 Å². The highest BCUT2D eigenvalue weighted by Gasteiger charge is 2.14. The fourth-order valence-corrected chi connectivity index (χ4v) is 2.70. The molecule has 1 saturated heterocycles. The minimum absolute atomic E-state index is 0.613. The number of nitrogens with one attached hydrogen (secondary N) is 1. The van der Waals surface area contributed by atoms with Crippen molar-refractivity contribution in [3.05, 3.63) is 30.1 Å². The van der Waals surface area contributed by atoms with E-state index in [9.17, 15) is 0 Å². The molecule has 3 heteroatoms. The first-order valence-corrected chi connectivity index (χ1v) is 6.48. The molecule has 90 valence electrons. The second kappa shape index (κ2) is 4.49. The van der Waals surface area contributed by atoms with E-state index in [1.54, 1.807) is 0 Å². The fraction of sp³-hybridized carbons (Fsp3) is 0.500. The van der Waals surface area contributed by atoms with Crippen LogP contribution in [0.4, 0.5) is 0 Å². The Morgan fingerprint density at radius 3 is 3.18 bits per heavy atom. The Hall–Kier alpha value is -1.35. The van der Waals surface area contributed by atoms with Crippen LogP contribution in [0.2, 0.25) is 0 Å². The van der Waals surface area contributed by atoms with E-state index >= 15 is 0 Å². The van der Waals surface area contributed by atoms with Gasteiger partial charge in [-0.2, -0.15) is 0 Å². The lowest BCUT2D eigenvalue weighted by atomic mass is 10.1. The molecule has 0 spiro atoms. The van der Waals surface area contributed by atoms with Crippen molar-refractivity contribution in [3.63, 3.8) is 0 Å². The van der Waals surface area contributed by atoms with Crippen LogP contribution in [0.3, 0.4) is 0 Å². The van der Waals surface area contributed by atoms with Crippen molar-refractivity contribution in [1.82, 2.24) is 14.9 Å². The Morgan fingerprint density at radius 2 is 2.35 bits per heavy atom. The molecule has 1 fully saturated rings. The van der Waals surface area contributed by atoms with E-state index in [-0.39, 0.29) is 0 Å². The normalized spacial score (nSPS) is 20.9. The van der Waals surface area contributed by atoms with Gasteiger partial charge in [-0.15, -0.1) is 0 Å². The van der Waals surface area contributed by atoms with Crippen LogP contribution in [-0.2, 0) is 6.54 Å². The number of hydrogen-bond donors (Lipinski definition) is 1. The van der Waals surface area contributed by atoms with Crippen LogP contribution in [0.25, 0.3) is 11.0 Å². The summed E-state index contributed by atoms with van der Waals surface area (Å²) in [7, 11) is 0. The first-order chi connectivity index (χ1) is 8.34. The summed E-state index contributed by atoms with van der Waals surface area (Å²) >= 11 is 0. The number of hydrogen-bond acceptors (Lipinski definition) is 2. The maximum Gasteiger partial charge on any atom is 0.0958 e. The van der Waals surface area contributed by atoms with Crippen molar-refractivity contribution >= 4 is 11.0 Å². The molecule has 1 aliphatic rings. The van der Waals surface area contributed by atoms with Gasteiger partial charge in [0.15, 0.2) is 0 Å². The maximum atomic E-state index is 4.52. The molecular formula is C14H19N3. The summed E-state index contributed by atoms with van der Waals surface area (Å²) in [6, 6.07) is 7.02. The minimum atomic E-state index is 0.613. The second-order valence-corrected chi connectivity index (χ2v) is 4.99. The van der Waals surface area contributed by atoms with Crippen LogP contribution in [0.5, 0.6) is 0 Å². The topological polar surface area (TPSA) is 29.9 Å².